The molecular formula is C14H32IN3O. The van der Waals surface area contributed by atoms with Gasteiger partial charge in [0, 0.05) is 19.6 Å². The van der Waals surface area contributed by atoms with E-state index >= 15 is 0 Å². The zero-order chi connectivity index (χ0) is 13.5. The molecule has 0 saturated heterocycles. The van der Waals surface area contributed by atoms with E-state index in [0.717, 1.165) is 25.5 Å². The molecule has 3 N–H and O–H groups in total. The van der Waals surface area contributed by atoms with E-state index < -0.39 is 0 Å². The summed E-state index contributed by atoms with van der Waals surface area (Å²) in [6, 6.07) is 0. The van der Waals surface area contributed by atoms with Gasteiger partial charge in [0.15, 0.2) is 5.96 Å². The minimum atomic E-state index is 0. The van der Waals surface area contributed by atoms with Crippen LogP contribution in [0.4, 0.5) is 0 Å². The summed E-state index contributed by atoms with van der Waals surface area (Å²) in [6.07, 6.45) is 9.17. The smallest absolute Gasteiger partial charge is 0.191 e. The zero-order valence-corrected chi connectivity index (χ0v) is 14.9. The van der Waals surface area contributed by atoms with Gasteiger partial charge in [-0.25, -0.2) is 0 Å². The first-order valence-electron chi connectivity index (χ1n) is 7.48. The van der Waals surface area contributed by atoms with Crippen molar-refractivity contribution in [1.29, 1.82) is 0 Å². The Labute approximate surface area is 135 Å². The SMILES string of the molecule is CCCCCCCCCN=C(NCC)NCCO.I. The van der Waals surface area contributed by atoms with E-state index in [2.05, 4.69) is 22.5 Å². The number of rotatable bonds is 11. The number of aliphatic hydroxyl groups is 1. The predicted octanol–water partition coefficient (Wildman–Crippen LogP) is 2.90. The Kier molecular flexibility index (Phi) is 20.1. The van der Waals surface area contributed by atoms with Crippen LogP contribution < -0.4 is 10.6 Å². The second-order valence-corrected chi connectivity index (χ2v) is 4.53. The molecule has 0 saturated carbocycles. The van der Waals surface area contributed by atoms with Crippen molar-refractivity contribution in [3.8, 4) is 0 Å². The molecule has 0 aliphatic rings. The number of aliphatic imine (C=N–C) groups is 1. The van der Waals surface area contributed by atoms with Gasteiger partial charge in [0.1, 0.15) is 0 Å². The Bertz CT molecular complexity index is 201. The van der Waals surface area contributed by atoms with Gasteiger partial charge in [-0.1, -0.05) is 45.4 Å². The quantitative estimate of drug-likeness (QED) is 0.222. The van der Waals surface area contributed by atoms with Gasteiger partial charge in [0.05, 0.1) is 6.61 Å². The Morgan fingerprint density at radius 3 is 2.16 bits per heavy atom. The van der Waals surface area contributed by atoms with E-state index in [0.29, 0.717) is 6.54 Å². The van der Waals surface area contributed by atoms with Crippen LogP contribution in [0.25, 0.3) is 0 Å². The molecule has 0 aromatic rings. The highest BCUT2D eigenvalue weighted by molar-refractivity contribution is 14.0. The van der Waals surface area contributed by atoms with Crippen LogP contribution in [0.2, 0.25) is 0 Å². The first kappa shape index (κ1) is 21.3. The maximum Gasteiger partial charge on any atom is 0.191 e. The van der Waals surface area contributed by atoms with Crippen molar-refractivity contribution < 1.29 is 5.11 Å². The molecule has 0 fully saturated rings. The minimum Gasteiger partial charge on any atom is -0.395 e. The van der Waals surface area contributed by atoms with Gasteiger partial charge in [-0.3, -0.25) is 4.99 Å². The lowest BCUT2D eigenvalue weighted by Gasteiger charge is -2.09. The third kappa shape index (κ3) is 15.9. The fourth-order valence-corrected chi connectivity index (χ4v) is 1.78. The van der Waals surface area contributed by atoms with Crippen LogP contribution in [-0.2, 0) is 0 Å². The molecule has 0 aliphatic heterocycles. The molecule has 4 nitrogen and oxygen atoms in total. The number of hydrogen-bond donors (Lipinski definition) is 3. The van der Waals surface area contributed by atoms with Gasteiger partial charge < -0.3 is 15.7 Å². The van der Waals surface area contributed by atoms with Crippen molar-refractivity contribution in [2.75, 3.05) is 26.2 Å². The maximum absolute atomic E-state index is 8.75. The van der Waals surface area contributed by atoms with Gasteiger partial charge in [-0.05, 0) is 13.3 Å². The maximum atomic E-state index is 8.75. The zero-order valence-electron chi connectivity index (χ0n) is 12.6. The van der Waals surface area contributed by atoms with Crippen LogP contribution in [-0.4, -0.2) is 37.3 Å². The van der Waals surface area contributed by atoms with E-state index in [1.807, 2.05) is 6.92 Å². The molecule has 0 aromatic heterocycles. The van der Waals surface area contributed by atoms with Crippen LogP contribution >= 0.6 is 24.0 Å². The molecule has 5 heteroatoms. The summed E-state index contributed by atoms with van der Waals surface area (Å²) < 4.78 is 0. The van der Waals surface area contributed by atoms with Crippen LogP contribution in [0, 0.1) is 0 Å². The summed E-state index contributed by atoms with van der Waals surface area (Å²) in [5.74, 6) is 0.817. The van der Waals surface area contributed by atoms with Gasteiger partial charge in [0.25, 0.3) is 0 Å². The molecule has 0 rings (SSSR count). The number of aliphatic hydroxyl groups excluding tert-OH is 1. The second kappa shape index (κ2) is 18.0. The van der Waals surface area contributed by atoms with Crippen LogP contribution in [0.1, 0.15) is 58.8 Å². The Balaban J connectivity index is 0. The molecule has 0 bridgehead atoms. The molecule has 0 aromatic carbocycles. The molecule has 19 heavy (non-hydrogen) atoms. The largest absolute Gasteiger partial charge is 0.395 e. The number of guanidine groups is 1. The summed E-state index contributed by atoms with van der Waals surface area (Å²) in [5, 5.41) is 15.0. The first-order chi connectivity index (χ1) is 8.85. The van der Waals surface area contributed by atoms with Crippen molar-refractivity contribution in [3.63, 3.8) is 0 Å². The van der Waals surface area contributed by atoms with E-state index in [1.54, 1.807) is 0 Å². The summed E-state index contributed by atoms with van der Waals surface area (Å²) in [4.78, 5) is 4.47. The summed E-state index contributed by atoms with van der Waals surface area (Å²) in [5.41, 5.74) is 0. The van der Waals surface area contributed by atoms with Crippen molar-refractivity contribution in [2.24, 2.45) is 4.99 Å². The highest BCUT2D eigenvalue weighted by Crippen LogP contribution is 2.06. The lowest BCUT2D eigenvalue weighted by atomic mass is 10.1. The average molecular weight is 385 g/mol. The summed E-state index contributed by atoms with van der Waals surface area (Å²) >= 11 is 0. The van der Waals surface area contributed by atoms with Crippen molar-refractivity contribution in [2.45, 2.75) is 58.8 Å². The highest BCUT2D eigenvalue weighted by atomic mass is 127. The lowest BCUT2D eigenvalue weighted by molar-refractivity contribution is 0.300. The van der Waals surface area contributed by atoms with E-state index in [9.17, 15) is 0 Å². The fraction of sp³-hybridized carbons (Fsp3) is 0.929. The number of unbranched alkanes of at least 4 members (excludes halogenated alkanes) is 6. The normalized spacial score (nSPS) is 11.0. The number of nitrogens with one attached hydrogen (secondary N) is 2. The van der Waals surface area contributed by atoms with E-state index in [-0.39, 0.29) is 30.6 Å². The van der Waals surface area contributed by atoms with Crippen molar-refractivity contribution >= 4 is 29.9 Å². The number of nitrogens with zero attached hydrogens (tertiary/aromatic N) is 1. The third-order valence-corrected chi connectivity index (χ3v) is 2.78. The number of hydrogen-bond acceptors (Lipinski definition) is 2. The topological polar surface area (TPSA) is 56.7 Å². The van der Waals surface area contributed by atoms with Gasteiger partial charge in [-0.2, -0.15) is 0 Å². The van der Waals surface area contributed by atoms with Gasteiger partial charge >= 0.3 is 0 Å². The molecule has 0 spiro atoms. The molecular weight excluding hydrogens is 353 g/mol. The van der Waals surface area contributed by atoms with E-state index in [4.69, 9.17) is 5.11 Å². The number of halogens is 1. The predicted molar refractivity (Wildman–Crippen MR) is 94.5 cm³/mol. The molecule has 0 amide bonds. The molecule has 0 radical (unpaired) electrons. The second-order valence-electron chi connectivity index (χ2n) is 4.53. The Hall–Kier alpha value is -0.0400. The summed E-state index contributed by atoms with van der Waals surface area (Å²) in [6.45, 7) is 6.72. The molecule has 0 atom stereocenters. The fourth-order valence-electron chi connectivity index (χ4n) is 1.78. The molecule has 0 unspecified atom stereocenters. The molecule has 0 aliphatic carbocycles. The average Bonchev–Trinajstić information content (AvgIpc) is 2.39. The first-order valence-corrected chi connectivity index (χ1v) is 7.48. The Morgan fingerprint density at radius 1 is 0.947 bits per heavy atom. The Morgan fingerprint density at radius 2 is 1.58 bits per heavy atom. The highest BCUT2D eigenvalue weighted by Gasteiger charge is 1.95. The molecule has 0 heterocycles. The van der Waals surface area contributed by atoms with Gasteiger partial charge in [0.2, 0.25) is 0 Å². The van der Waals surface area contributed by atoms with Crippen molar-refractivity contribution in [1.82, 2.24) is 10.6 Å². The minimum absolute atomic E-state index is 0. The summed E-state index contributed by atoms with van der Waals surface area (Å²) in [7, 11) is 0. The molecule has 116 valence electrons. The third-order valence-electron chi connectivity index (χ3n) is 2.78. The lowest BCUT2D eigenvalue weighted by Crippen LogP contribution is -2.38. The standard InChI is InChI=1S/C14H31N3O.HI/c1-3-5-6-7-8-9-10-11-16-14(15-4-2)17-12-13-18;/h18H,3-13H2,1-2H3,(H2,15,16,17);1H. The van der Waals surface area contributed by atoms with Crippen LogP contribution in [0.15, 0.2) is 4.99 Å². The van der Waals surface area contributed by atoms with E-state index in [1.165, 1.54) is 38.5 Å². The van der Waals surface area contributed by atoms with Crippen molar-refractivity contribution in [3.05, 3.63) is 0 Å². The monoisotopic (exact) mass is 385 g/mol. The van der Waals surface area contributed by atoms with Crippen LogP contribution in [0.3, 0.4) is 0 Å². The van der Waals surface area contributed by atoms with Gasteiger partial charge in [-0.15, -0.1) is 24.0 Å². The van der Waals surface area contributed by atoms with Crippen LogP contribution in [0.5, 0.6) is 0 Å².